The van der Waals surface area contributed by atoms with Gasteiger partial charge in [-0.25, -0.2) is 13.0 Å². The fourth-order valence-electron chi connectivity index (χ4n) is 2.56. The van der Waals surface area contributed by atoms with Gasteiger partial charge in [-0.3, -0.25) is 0 Å². The second kappa shape index (κ2) is 9.21. The molecule has 1 aliphatic heterocycles. The molecule has 0 saturated carbocycles. The van der Waals surface area contributed by atoms with Gasteiger partial charge < -0.3 is 4.55 Å². The molecule has 0 spiro atoms. The normalized spacial score (nSPS) is 15.0. The van der Waals surface area contributed by atoms with Crippen LogP contribution >= 0.6 is 0 Å². The van der Waals surface area contributed by atoms with Gasteiger partial charge in [0.05, 0.1) is 10.1 Å². The first-order valence-corrected chi connectivity index (χ1v) is 9.37. The van der Waals surface area contributed by atoms with Crippen molar-refractivity contribution in [1.82, 2.24) is 0 Å². The summed E-state index contributed by atoms with van der Waals surface area (Å²) in [5.74, 6) is -0.314. The molecule has 0 saturated heterocycles. The molecule has 1 aromatic carbocycles. The Morgan fingerprint density at radius 2 is 1.83 bits per heavy atom. The van der Waals surface area contributed by atoms with E-state index in [2.05, 4.69) is 24.5 Å². The van der Waals surface area contributed by atoms with E-state index in [9.17, 15) is 13.0 Å². The minimum absolute atomic E-state index is 0. The molecule has 0 fully saturated rings. The fourth-order valence-corrected chi connectivity index (χ4v) is 3.04. The van der Waals surface area contributed by atoms with Gasteiger partial charge in [-0.15, -0.1) is 18.7 Å². The Bertz CT molecular complexity index is 822. The van der Waals surface area contributed by atoms with Crippen LogP contribution in [0.4, 0.5) is 5.69 Å². The molecule has 1 aromatic rings. The van der Waals surface area contributed by atoms with Gasteiger partial charge in [0.2, 0.25) is 0 Å². The van der Waals surface area contributed by atoms with E-state index in [1.807, 2.05) is 25.1 Å². The van der Waals surface area contributed by atoms with E-state index in [0.717, 1.165) is 5.69 Å². The van der Waals surface area contributed by atoms with Crippen molar-refractivity contribution < 1.29 is 59.7 Å². The van der Waals surface area contributed by atoms with Crippen molar-refractivity contribution in [3.8, 4) is 0 Å². The van der Waals surface area contributed by atoms with Crippen molar-refractivity contribution in [2.75, 3.05) is 12.3 Å². The third-order valence-electron chi connectivity index (χ3n) is 3.89. The van der Waals surface area contributed by atoms with Crippen LogP contribution in [0.3, 0.4) is 0 Å². The molecule has 0 atom stereocenters. The summed E-state index contributed by atoms with van der Waals surface area (Å²) in [7, 11) is -7.24. The van der Waals surface area contributed by atoms with Crippen LogP contribution in [0.5, 0.6) is 0 Å². The largest absolute Gasteiger partial charge is 1.00 e. The summed E-state index contributed by atoms with van der Waals surface area (Å²) in [6, 6.07) is 8.90. The Morgan fingerprint density at radius 3 is 2.33 bits per heavy atom. The molecule has 0 unspecified atom stereocenters. The second-order valence-corrected chi connectivity index (χ2v) is 7.56. The Balaban J connectivity index is 0.000000954. The van der Waals surface area contributed by atoms with Crippen molar-refractivity contribution in [2.45, 2.75) is 32.6 Å². The first-order valence-electron chi connectivity index (χ1n) is 6.79. The molecule has 1 aliphatic rings. The summed E-state index contributed by atoms with van der Waals surface area (Å²) in [6.07, 6.45) is 0.345. The predicted molar refractivity (Wildman–Crippen MR) is 82.7 cm³/mol. The monoisotopic (exact) mass is 383 g/mol. The Labute approximate surface area is 165 Å². The molecule has 0 bridgehead atoms. The summed E-state index contributed by atoms with van der Waals surface area (Å²) >= 11 is 0. The third-order valence-corrected chi connectivity index (χ3v) is 4.68. The van der Waals surface area contributed by atoms with Gasteiger partial charge in [0.15, 0.2) is 5.71 Å². The Hall–Kier alpha value is -0.580. The van der Waals surface area contributed by atoms with Crippen LogP contribution < -0.4 is 29.6 Å². The maximum Gasteiger partial charge on any atom is 1.00 e. The number of hydrogen-bond donors (Lipinski definition) is 0. The van der Waals surface area contributed by atoms with Crippen molar-refractivity contribution in [3.05, 3.63) is 29.8 Å². The molecule has 0 aromatic heterocycles. The molecule has 2 rings (SSSR count). The van der Waals surface area contributed by atoms with Crippen LogP contribution in [0.15, 0.2) is 18.2 Å². The maximum absolute atomic E-state index is 10.7. The molecular formula is C14H18NNaO6S2. The molecule has 1 heterocycles. The van der Waals surface area contributed by atoms with Gasteiger partial charge in [-0.05, 0) is 0 Å². The van der Waals surface area contributed by atoms with E-state index in [-0.39, 0.29) is 40.7 Å². The summed E-state index contributed by atoms with van der Waals surface area (Å²) in [5, 5.41) is 0. The molecule has 0 aliphatic carbocycles. The zero-order chi connectivity index (χ0) is 17.8. The maximum atomic E-state index is 10.7. The molecular weight excluding hydrogens is 365 g/mol. The topological polar surface area (TPSA) is 111 Å². The first-order chi connectivity index (χ1) is 10.5. The molecule has 0 N–H and O–H groups in total. The van der Waals surface area contributed by atoms with Crippen LogP contribution in [-0.2, 0) is 26.1 Å². The predicted octanol–water partition coefficient (Wildman–Crippen LogP) is -2.18. The van der Waals surface area contributed by atoms with E-state index >= 15 is 0 Å². The average molecular weight is 383 g/mol. The molecule has 0 radical (unpaired) electrons. The van der Waals surface area contributed by atoms with Crippen LogP contribution in [0.25, 0.3) is 0 Å². The number of hydrogen-bond acceptors (Lipinski definition) is 6. The van der Waals surface area contributed by atoms with Gasteiger partial charge in [-0.2, -0.15) is 18.2 Å². The fraction of sp³-hybridized carbons (Fsp3) is 0.500. The zero-order valence-corrected chi connectivity index (χ0v) is 17.7. The summed E-state index contributed by atoms with van der Waals surface area (Å²) in [5.41, 5.74) is 3.37. The smallest absolute Gasteiger partial charge is 0.748 e. The minimum atomic E-state index is -4.13. The van der Waals surface area contributed by atoms with Crippen molar-refractivity contribution >= 4 is 32.1 Å². The van der Waals surface area contributed by atoms with Gasteiger partial charge >= 0.3 is 40.2 Å². The van der Waals surface area contributed by atoms with E-state index in [1.54, 1.807) is 0 Å². The van der Waals surface area contributed by atoms with Crippen LogP contribution in [0.1, 0.15) is 32.8 Å². The van der Waals surface area contributed by atoms with Crippen molar-refractivity contribution in [2.24, 2.45) is 0 Å². The van der Waals surface area contributed by atoms with E-state index < -0.39 is 20.7 Å². The summed E-state index contributed by atoms with van der Waals surface area (Å²) < 4.78 is 59.5. The van der Waals surface area contributed by atoms with Gasteiger partial charge in [-0.1, -0.05) is 19.4 Å². The summed E-state index contributed by atoms with van der Waals surface area (Å²) in [4.78, 5) is 0. The molecule has 128 valence electrons. The molecule has 24 heavy (non-hydrogen) atoms. The van der Waals surface area contributed by atoms with Gasteiger partial charge in [0.25, 0.3) is 0 Å². The van der Waals surface area contributed by atoms with Crippen LogP contribution in [-0.4, -0.2) is 48.2 Å². The molecule has 10 heteroatoms. The molecule has 0 amide bonds. The van der Waals surface area contributed by atoms with Gasteiger partial charge in [0, 0.05) is 24.5 Å². The zero-order valence-electron chi connectivity index (χ0n) is 14.1. The Morgan fingerprint density at radius 1 is 1.29 bits per heavy atom. The molecule has 7 nitrogen and oxygen atoms in total. The number of fused-ring (bicyclic) bond motifs is 1. The van der Waals surface area contributed by atoms with Crippen molar-refractivity contribution in [3.63, 3.8) is 0 Å². The standard InChI is InChI=1S/C14H19NO3S.Na.O3S/c1-11-14(2,3)12-7-4-5-8-13(12)15(11)9-6-10-19(16,17)18;;1-4(2)3/h5,7-8H,6,9-10H2,1-3H3,(H,16,17,18);;/q;+1;/p-1. The van der Waals surface area contributed by atoms with E-state index in [0.29, 0.717) is 13.0 Å². The minimum Gasteiger partial charge on any atom is -0.748 e. The van der Waals surface area contributed by atoms with Crippen LogP contribution in [0, 0.1) is 6.07 Å². The average Bonchev–Trinajstić information content (AvgIpc) is 2.58. The summed E-state index contributed by atoms with van der Waals surface area (Å²) in [6.45, 7) is 6.87. The van der Waals surface area contributed by atoms with Gasteiger partial charge in [0.1, 0.15) is 12.2 Å². The SMILES string of the molecule is CC1=[N+](CCCS(=O)(=O)[O-])c2cc[c-]cc2C1(C)C.O=S(=O)=O.[Na+]. The number of nitrogens with zero attached hydrogens (tertiary/aromatic N) is 1. The van der Waals surface area contributed by atoms with E-state index in [1.165, 1.54) is 11.3 Å². The third kappa shape index (κ3) is 6.38. The first kappa shape index (κ1) is 23.4. The van der Waals surface area contributed by atoms with Crippen molar-refractivity contribution in [1.29, 1.82) is 0 Å². The van der Waals surface area contributed by atoms with E-state index in [4.69, 9.17) is 12.6 Å². The quantitative estimate of drug-likeness (QED) is 0.253. The Kier molecular flexibility index (Phi) is 8.99. The number of rotatable bonds is 4. The second-order valence-electron chi connectivity index (χ2n) is 5.62. The van der Waals surface area contributed by atoms with Crippen LogP contribution in [0.2, 0.25) is 0 Å². The number of benzene rings is 1.